The molecule has 0 amide bonds. The van der Waals surface area contributed by atoms with Gasteiger partial charge in [0.25, 0.3) is 0 Å². The van der Waals surface area contributed by atoms with E-state index in [0.29, 0.717) is 12.2 Å². The zero-order chi connectivity index (χ0) is 25.4. The Morgan fingerprint density at radius 1 is 0.919 bits per heavy atom. The minimum absolute atomic E-state index is 0.308. The molecule has 0 aliphatic carbocycles. The summed E-state index contributed by atoms with van der Waals surface area (Å²) in [6, 6.07) is 10.8. The molecule has 10 heteroatoms. The average Bonchev–Trinajstić information content (AvgIpc) is 3.52. The van der Waals surface area contributed by atoms with Gasteiger partial charge in [0, 0.05) is 53.9 Å². The number of pyridine rings is 2. The molecule has 6 aromatic rings. The van der Waals surface area contributed by atoms with E-state index in [1.54, 1.807) is 24.8 Å². The summed E-state index contributed by atoms with van der Waals surface area (Å²) in [6.07, 6.45) is 8.46. The maximum atomic E-state index is 14.6. The molecular weight excluding hydrogens is 469 g/mol. The van der Waals surface area contributed by atoms with Gasteiger partial charge in [-0.1, -0.05) is 0 Å². The first-order valence-corrected chi connectivity index (χ1v) is 11.8. The van der Waals surface area contributed by atoms with Gasteiger partial charge in [-0.2, -0.15) is 5.10 Å². The van der Waals surface area contributed by atoms with Crippen molar-refractivity contribution in [2.45, 2.75) is 0 Å². The first kappa shape index (κ1) is 22.7. The Hall–Kier alpha value is -4.70. The predicted molar refractivity (Wildman–Crippen MR) is 142 cm³/mol. The largest absolute Gasteiger partial charge is 0.384 e. The van der Waals surface area contributed by atoms with E-state index in [-0.39, 0.29) is 5.82 Å². The number of hydrogen-bond acceptors (Lipinski definition) is 7. The lowest BCUT2D eigenvalue weighted by molar-refractivity contribution is 0.425. The summed E-state index contributed by atoms with van der Waals surface area (Å²) < 4.78 is 14.6. The highest BCUT2D eigenvalue weighted by Gasteiger charge is 2.16. The van der Waals surface area contributed by atoms with E-state index < -0.39 is 0 Å². The minimum Gasteiger partial charge on any atom is -0.384 e. The van der Waals surface area contributed by atoms with E-state index in [9.17, 15) is 4.39 Å². The second-order valence-corrected chi connectivity index (χ2v) is 9.08. The minimum atomic E-state index is -0.308. The molecule has 9 nitrogen and oxygen atoms in total. The summed E-state index contributed by atoms with van der Waals surface area (Å²) in [5.41, 5.74) is 7.69. The molecular formula is C27H24FN9. The molecule has 0 saturated heterocycles. The van der Waals surface area contributed by atoms with Crippen LogP contribution < -0.4 is 5.32 Å². The number of nitrogens with one attached hydrogen (secondary N) is 3. The summed E-state index contributed by atoms with van der Waals surface area (Å²) >= 11 is 0. The van der Waals surface area contributed by atoms with Gasteiger partial charge in [-0.15, -0.1) is 0 Å². The van der Waals surface area contributed by atoms with Gasteiger partial charge in [0.15, 0.2) is 0 Å². The van der Waals surface area contributed by atoms with Crippen molar-refractivity contribution in [3.05, 3.63) is 73.3 Å². The third-order valence-corrected chi connectivity index (χ3v) is 6.16. The Morgan fingerprint density at radius 2 is 1.78 bits per heavy atom. The van der Waals surface area contributed by atoms with Crippen molar-refractivity contribution in [2.75, 3.05) is 32.5 Å². The molecule has 5 heterocycles. The van der Waals surface area contributed by atoms with E-state index in [2.05, 4.69) is 40.3 Å². The van der Waals surface area contributed by atoms with Gasteiger partial charge in [-0.3, -0.25) is 10.1 Å². The second-order valence-electron chi connectivity index (χ2n) is 9.08. The average molecular weight is 494 g/mol. The summed E-state index contributed by atoms with van der Waals surface area (Å²) in [6.45, 7) is 1.55. The molecule has 6 rings (SSSR count). The van der Waals surface area contributed by atoms with Crippen molar-refractivity contribution in [2.24, 2.45) is 0 Å². The number of rotatable bonds is 7. The van der Waals surface area contributed by atoms with Gasteiger partial charge in [0.1, 0.15) is 23.4 Å². The number of fused-ring (bicyclic) bond motifs is 2. The molecule has 0 bridgehead atoms. The second kappa shape index (κ2) is 9.40. The monoisotopic (exact) mass is 493 g/mol. The van der Waals surface area contributed by atoms with Gasteiger partial charge in [-0.25, -0.2) is 19.3 Å². The third-order valence-electron chi connectivity index (χ3n) is 6.16. The lowest BCUT2D eigenvalue weighted by atomic mass is 10.0. The number of H-pyrrole nitrogens is 2. The van der Waals surface area contributed by atoms with Gasteiger partial charge in [0.2, 0.25) is 0 Å². The standard InChI is InChI=1S/C27H24FN9/c1-37(2)6-5-32-19-8-16(7-18(28)9-19)21-13-29-14-25-20(21)10-24(33-25)27-26-23(35-36-27)4-3-22(34-26)17-11-30-15-31-12-17/h3-4,7-15,32-33H,5-6H2,1-2H3,(H,35,36). The fraction of sp³-hybridized carbons (Fsp3) is 0.148. The zero-order valence-electron chi connectivity index (χ0n) is 20.3. The summed E-state index contributed by atoms with van der Waals surface area (Å²) in [5, 5.41) is 11.8. The number of likely N-dealkylation sites (N-methyl/N-ethyl adjacent to an activating group) is 1. The summed E-state index contributed by atoms with van der Waals surface area (Å²) in [7, 11) is 4.01. The molecule has 184 valence electrons. The molecule has 5 aromatic heterocycles. The maximum Gasteiger partial charge on any atom is 0.135 e. The fourth-order valence-electron chi connectivity index (χ4n) is 4.36. The van der Waals surface area contributed by atoms with Crippen LogP contribution in [-0.2, 0) is 0 Å². The van der Waals surface area contributed by atoms with Crippen LogP contribution in [0.3, 0.4) is 0 Å². The molecule has 0 fully saturated rings. The van der Waals surface area contributed by atoms with E-state index in [1.807, 2.05) is 38.4 Å². The highest BCUT2D eigenvalue weighted by Crippen LogP contribution is 2.34. The number of halogens is 1. The number of anilines is 1. The Labute approximate surface area is 211 Å². The van der Waals surface area contributed by atoms with Crippen LogP contribution in [-0.4, -0.2) is 67.2 Å². The van der Waals surface area contributed by atoms with Crippen molar-refractivity contribution in [3.63, 3.8) is 0 Å². The Morgan fingerprint density at radius 3 is 2.62 bits per heavy atom. The highest BCUT2D eigenvalue weighted by atomic mass is 19.1. The van der Waals surface area contributed by atoms with Gasteiger partial charge < -0.3 is 15.2 Å². The summed E-state index contributed by atoms with van der Waals surface area (Å²) in [5.74, 6) is -0.308. The maximum absolute atomic E-state index is 14.6. The molecule has 0 aliphatic heterocycles. The predicted octanol–water partition coefficient (Wildman–Crippen LogP) is 4.74. The lowest BCUT2D eigenvalue weighted by Crippen LogP contribution is -2.20. The van der Waals surface area contributed by atoms with Crippen LogP contribution in [0.15, 0.2) is 67.5 Å². The first-order valence-electron chi connectivity index (χ1n) is 11.8. The van der Waals surface area contributed by atoms with Crippen LogP contribution in [0, 0.1) is 5.82 Å². The van der Waals surface area contributed by atoms with Gasteiger partial charge >= 0.3 is 0 Å². The molecule has 0 aliphatic rings. The topological polar surface area (TPSA) is 111 Å². The van der Waals surface area contributed by atoms with E-state index >= 15 is 0 Å². The van der Waals surface area contributed by atoms with E-state index in [1.165, 1.54) is 18.5 Å². The Balaban J connectivity index is 1.41. The number of nitrogens with zero attached hydrogens (tertiary/aromatic N) is 6. The number of aromatic amines is 2. The van der Waals surface area contributed by atoms with Crippen molar-refractivity contribution in [1.29, 1.82) is 0 Å². The normalized spacial score (nSPS) is 11.6. The van der Waals surface area contributed by atoms with Crippen LogP contribution in [0.1, 0.15) is 0 Å². The van der Waals surface area contributed by atoms with Crippen LogP contribution in [0.25, 0.3) is 55.7 Å². The molecule has 0 radical (unpaired) electrons. The van der Waals surface area contributed by atoms with E-state index in [4.69, 9.17) is 4.98 Å². The number of benzene rings is 1. The molecule has 1 aromatic carbocycles. The molecule has 3 N–H and O–H groups in total. The Kier molecular flexibility index (Phi) is 5.78. The van der Waals surface area contributed by atoms with Crippen LogP contribution in [0.5, 0.6) is 0 Å². The SMILES string of the molecule is CN(C)CCNc1cc(F)cc(-c2cncc3[nH]c(-c4n[nH]c5ccc(-c6cncnc6)nc45)cc23)c1. The highest BCUT2D eigenvalue weighted by molar-refractivity contribution is 6.00. The number of hydrogen-bond donors (Lipinski definition) is 3. The van der Waals surface area contributed by atoms with Crippen LogP contribution >= 0.6 is 0 Å². The van der Waals surface area contributed by atoms with E-state index in [0.717, 1.165) is 62.2 Å². The van der Waals surface area contributed by atoms with Crippen LogP contribution in [0.2, 0.25) is 0 Å². The first-order chi connectivity index (χ1) is 18.0. The number of aromatic nitrogens is 7. The third kappa shape index (κ3) is 4.50. The fourth-order valence-corrected chi connectivity index (χ4v) is 4.36. The van der Waals surface area contributed by atoms with Crippen molar-refractivity contribution in [3.8, 4) is 33.8 Å². The molecule has 0 saturated carbocycles. The molecule has 0 unspecified atom stereocenters. The summed E-state index contributed by atoms with van der Waals surface area (Å²) in [4.78, 5) is 22.9. The quantitative estimate of drug-likeness (QED) is 0.295. The van der Waals surface area contributed by atoms with Crippen molar-refractivity contribution in [1.82, 2.24) is 40.0 Å². The molecule has 37 heavy (non-hydrogen) atoms. The molecule has 0 spiro atoms. The molecule has 0 atom stereocenters. The van der Waals surface area contributed by atoms with Gasteiger partial charge in [0.05, 0.1) is 28.6 Å². The lowest BCUT2D eigenvalue weighted by Gasteiger charge is -2.13. The van der Waals surface area contributed by atoms with Crippen LogP contribution in [0.4, 0.5) is 10.1 Å². The van der Waals surface area contributed by atoms with Gasteiger partial charge in [-0.05, 0) is 56.1 Å². The van der Waals surface area contributed by atoms with Crippen molar-refractivity contribution >= 4 is 27.6 Å². The smallest absolute Gasteiger partial charge is 0.135 e. The zero-order valence-corrected chi connectivity index (χ0v) is 20.3. The van der Waals surface area contributed by atoms with Crippen molar-refractivity contribution < 1.29 is 4.39 Å². The Bertz CT molecular complexity index is 1710.